The van der Waals surface area contributed by atoms with Gasteiger partial charge in [0.15, 0.2) is 0 Å². The average molecular weight is 236 g/mol. The third kappa shape index (κ3) is 2.05. The highest BCUT2D eigenvalue weighted by molar-refractivity contribution is 6.31. The largest absolute Gasteiger partial charge is 0.267 e. The molecule has 0 atom stereocenters. The van der Waals surface area contributed by atoms with Crippen LogP contribution in [0.4, 0.5) is 4.39 Å². The Balaban J connectivity index is 2.31. The molecule has 0 fully saturated rings. The van der Waals surface area contributed by atoms with Crippen molar-refractivity contribution in [1.82, 2.24) is 9.78 Å². The molecule has 1 aromatic heterocycles. The molecular formula is C11H7ClFN3. The van der Waals surface area contributed by atoms with E-state index >= 15 is 0 Å². The van der Waals surface area contributed by atoms with Gasteiger partial charge in [0, 0.05) is 16.8 Å². The van der Waals surface area contributed by atoms with E-state index in [-0.39, 0.29) is 12.4 Å². The minimum atomic E-state index is -0.374. The predicted molar refractivity (Wildman–Crippen MR) is 57.5 cm³/mol. The van der Waals surface area contributed by atoms with Crippen molar-refractivity contribution in [2.24, 2.45) is 0 Å². The molecule has 0 aliphatic heterocycles. The first-order valence-corrected chi connectivity index (χ1v) is 4.94. The maximum Gasteiger partial charge on any atom is 0.129 e. The molecule has 2 aromatic rings. The van der Waals surface area contributed by atoms with E-state index in [0.717, 1.165) is 0 Å². The third-order valence-electron chi connectivity index (χ3n) is 2.14. The van der Waals surface area contributed by atoms with Crippen LogP contribution >= 0.6 is 11.6 Å². The second-order valence-electron chi connectivity index (χ2n) is 3.24. The number of hydrogen-bond donors (Lipinski definition) is 0. The Hall–Kier alpha value is -1.86. The van der Waals surface area contributed by atoms with E-state index in [1.165, 1.54) is 16.9 Å². The molecule has 0 saturated heterocycles. The quantitative estimate of drug-likeness (QED) is 0.803. The fraction of sp³-hybridized carbons (Fsp3) is 0.0909. The van der Waals surface area contributed by atoms with Crippen molar-refractivity contribution in [1.29, 1.82) is 5.26 Å². The molecule has 0 spiro atoms. The monoisotopic (exact) mass is 235 g/mol. The van der Waals surface area contributed by atoms with E-state index in [1.807, 2.05) is 6.07 Å². The van der Waals surface area contributed by atoms with Crippen molar-refractivity contribution in [2.75, 3.05) is 0 Å². The standard InChI is InChI=1S/C11H7ClFN3/c12-10-2-1-3-11(13)9(10)7-16-6-8(4-14)5-15-16/h1-3,5-6H,7H2. The molecule has 0 aliphatic rings. The number of nitriles is 1. The van der Waals surface area contributed by atoms with E-state index in [1.54, 1.807) is 18.3 Å². The van der Waals surface area contributed by atoms with Gasteiger partial charge in [0.2, 0.25) is 0 Å². The van der Waals surface area contributed by atoms with Crippen LogP contribution in [0.3, 0.4) is 0 Å². The van der Waals surface area contributed by atoms with Gasteiger partial charge in [-0.25, -0.2) is 4.39 Å². The number of halogens is 2. The Bertz CT molecular complexity index is 536. The van der Waals surface area contributed by atoms with Gasteiger partial charge in [0.1, 0.15) is 11.9 Å². The van der Waals surface area contributed by atoms with Crippen molar-refractivity contribution in [3.05, 3.63) is 52.6 Å². The summed E-state index contributed by atoms with van der Waals surface area (Å²) in [4.78, 5) is 0. The van der Waals surface area contributed by atoms with E-state index < -0.39 is 0 Å². The van der Waals surface area contributed by atoms with Gasteiger partial charge in [0.05, 0.1) is 18.3 Å². The lowest BCUT2D eigenvalue weighted by Crippen LogP contribution is -2.02. The molecule has 0 amide bonds. The SMILES string of the molecule is N#Cc1cnn(Cc2c(F)cccc2Cl)c1. The summed E-state index contributed by atoms with van der Waals surface area (Å²) < 4.78 is 14.9. The van der Waals surface area contributed by atoms with Crippen molar-refractivity contribution < 1.29 is 4.39 Å². The Morgan fingerprint density at radius 3 is 2.94 bits per heavy atom. The van der Waals surface area contributed by atoms with Crippen LogP contribution in [0.2, 0.25) is 5.02 Å². The molecule has 3 nitrogen and oxygen atoms in total. The van der Waals surface area contributed by atoms with Gasteiger partial charge in [-0.15, -0.1) is 0 Å². The van der Waals surface area contributed by atoms with E-state index in [9.17, 15) is 4.39 Å². The van der Waals surface area contributed by atoms with Gasteiger partial charge in [-0.1, -0.05) is 17.7 Å². The average Bonchev–Trinajstić information content (AvgIpc) is 2.71. The highest BCUT2D eigenvalue weighted by Gasteiger charge is 2.08. The molecule has 80 valence electrons. The van der Waals surface area contributed by atoms with Crippen LogP contribution in [0.15, 0.2) is 30.6 Å². The zero-order valence-corrected chi connectivity index (χ0v) is 8.95. The summed E-state index contributed by atoms with van der Waals surface area (Å²) in [6.07, 6.45) is 2.97. The van der Waals surface area contributed by atoms with E-state index in [0.29, 0.717) is 16.1 Å². The first-order valence-electron chi connectivity index (χ1n) is 4.56. The molecule has 16 heavy (non-hydrogen) atoms. The van der Waals surface area contributed by atoms with Gasteiger partial charge < -0.3 is 0 Å². The molecule has 2 rings (SSSR count). The molecule has 0 radical (unpaired) electrons. The van der Waals surface area contributed by atoms with Gasteiger partial charge >= 0.3 is 0 Å². The smallest absolute Gasteiger partial charge is 0.129 e. The highest BCUT2D eigenvalue weighted by atomic mass is 35.5. The second-order valence-corrected chi connectivity index (χ2v) is 3.65. The molecular weight excluding hydrogens is 229 g/mol. The number of aromatic nitrogens is 2. The predicted octanol–water partition coefficient (Wildman–Crippen LogP) is 2.60. The van der Waals surface area contributed by atoms with Crippen molar-refractivity contribution >= 4 is 11.6 Å². The van der Waals surface area contributed by atoms with Gasteiger partial charge in [-0.3, -0.25) is 4.68 Å². The van der Waals surface area contributed by atoms with Crippen LogP contribution in [0.5, 0.6) is 0 Å². The van der Waals surface area contributed by atoms with Gasteiger partial charge in [-0.05, 0) is 12.1 Å². The molecule has 0 N–H and O–H groups in total. The Labute approximate surface area is 96.7 Å². The summed E-state index contributed by atoms with van der Waals surface area (Å²) in [6, 6.07) is 6.46. The zero-order chi connectivity index (χ0) is 11.5. The minimum Gasteiger partial charge on any atom is -0.267 e. The highest BCUT2D eigenvalue weighted by Crippen LogP contribution is 2.19. The summed E-state index contributed by atoms with van der Waals surface area (Å²) in [5.41, 5.74) is 0.809. The summed E-state index contributed by atoms with van der Waals surface area (Å²) in [5.74, 6) is -0.374. The lowest BCUT2D eigenvalue weighted by Gasteiger charge is -2.05. The van der Waals surface area contributed by atoms with Gasteiger partial charge in [0.25, 0.3) is 0 Å². The van der Waals surface area contributed by atoms with Gasteiger partial charge in [-0.2, -0.15) is 10.4 Å². The second kappa shape index (κ2) is 4.33. The number of rotatable bonds is 2. The van der Waals surface area contributed by atoms with Crippen LogP contribution in [-0.4, -0.2) is 9.78 Å². The summed E-state index contributed by atoms with van der Waals surface area (Å²) in [6.45, 7) is 0.215. The molecule has 0 bridgehead atoms. The van der Waals surface area contributed by atoms with Crippen molar-refractivity contribution in [3.63, 3.8) is 0 Å². The van der Waals surface area contributed by atoms with E-state index in [4.69, 9.17) is 16.9 Å². The summed E-state index contributed by atoms with van der Waals surface area (Å²) >= 11 is 5.87. The molecule has 0 unspecified atom stereocenters. The topological polar surface area (TPSA) is 41.6 Å². The normalized spacial score (nSPS) is 10.1. The van der Waals surface area contributed by atoms with Crippen LogP contribution < -0.4 is 0 Å². The lowest BCUT2D eigenvalue weighted by molar-refractivity contribution is 0.585. The van der Waals surface area contributed by atoms with E-state index in [2.05, 4.69) is 5.10 Å². The fourth-order valence-corrected chi connectivity index (χ4v) is 1.58. The number of benzene rings is 1. The van der Waals surface area contributed by atoms with Crippen molar-refractivity contribution in [3.8, 4) is 6.07 Å². The number of hydrogen-bond acceptors (Lipinski definition) is 2. The van der Waals surface area contributed by atoms with Crippen molar-refractivity contribution in [2.45, 2.75) is 6.54 Å². The molecule has 0 saturated carbocycles. The molecule has 1 heterocycles. The fourth-order valence-electron chi connectivity index (χ4n) is 1.35. The Morgan fingerprint density at radius 1 is 1.50 bits per heavy atom. The molecule has 5 heteroatoms. The summed E-state index contributed by atoms with van der Waals surface area (Å²) in [7, 11) is 0. The zero-order valence-electron chi connectivity index (χ0n) is 8.19. The van der Waals surface area contributed by atoms with Crippen LogP contribution in [-0.2, 0) is 6.54 Å². The molecule has 0 aliphatic carbocycles. The van der Waals surface area contributed by atoms with Crippen LogP contribution in [0.25, 0.3) is 0 Å². The minimum absolute atomic E-state index is 0.215. The van der Waals surface area contributed by atoms with Crippen LogP contribution in [0.1, 0.15) is 11.1 Å². The first-order chi connectivity index (χ1) is 7.70. The maximum absolute atomic E-state index is 13.4. The summed E-state index contributed by atoms with van der Waals surface area (Å²) in [5, 5.41) is 12.9. The Kier molecular flexibility index (Phi) is 2.88. The lowest BCUT2D eigenvalue weighted by atomic mass is 10.2. The number of nitrogens with zero attached hydrogens (tertiary/aromatic N) is 3. The maximum atomic E-state index is 13.4. The van der Waals surface area contributed by atoms with Crippen LogP contribution in [0, 0.1) is 17.1 Å². The Morgan fingerprint density at radius 2 is 2.31 bits per heavy atom. The molecule has 1 aromatic carbocycles. The first kappa shape index (κ1) is 10.7. The third-order valence-corrected chi connectivity index (χ3v) is 2.50.